The second kappa shape index (κ2) is 7.43. The fraction of sp³-hybridized carbons (Fsp3) is 0.562. The lowest BCUT2D eigenvalue weighted by Crippen LogP contribution is -2.36. The van der Waals surface area contributed by atoms with Crippen LogP contribution in [0, 0.1) is 0 Å². The monoisotopic (exact) mass is 351 g/mol. The van der Waals surface area contributed by atoms with E-state index in [1.165, 1.54) is 25.3 Å². The molecule has 2 N–H and O–H groups in total. The largest absolute Gasteiger partial charge is 0.496 e. The zero-order chi connectivity index (χ0) is 17.8. The van der Waals surface area contributed by atoms with E-state index in [9.17, 15) is 18.0 Å². The van der Waals surface area contributed by atoms with Gasteiger partial charge in [-0.05, 0) is 38.3 Å². The van der Waals surface area contributed by atoms with Crippen LogP contribution in [0.4, 0.5) is 13.2 Å². The van der Waals surface area contributed by atoms with Crippen molar-refractivity contribution < 1.29 is 22.7 Å². The van der Waals surface area contributed by atoms with Gasteiger partial charge in [-0.1, -0.05) is 12.1 Å². The van der Waals surface area contributed by atoms with Crippen LogP contribution in [0.2, 0.25) is 0 Å². The lowest BCUT2D eigenvalue weighted by atomic mass is 9.81. The van der Waals surface area contributed by atoms with Crippen LogP contribution < -0.4 is 10.5 Å². The fourth-order valence-corrected chi connectivity index (χ4v) is 2.45. The molecule has 0 spiro atoms. The van der Waals surface area contributed by atoms with Crippen molar-refractivity contribution in [1.82, 2.24) is 0 Å². The second-order valence-corrected chi connectivity index (χ2v) is 6.24. The number of carbonyl (C=O) groups is 1. The van der Waals surface area contributed by atoms with Gasteiger partial charge in [-0.25, -0.2) is 0 Å². The number of ether oxygens (including phenoxy) is 1. The van der Waals surface area contributed by atoms with Crippen molar-refractivity contribution in [1.29, 1.82) is 0 Å². The van der Waals surface area contributed by atoms with Crippen molar-refractivity contribution in [2.24, 2.45) is 5.73 Å². The lowest BCUT2D eigenvalue weighted by molar-refractivity contribution is -0.180. The Labute approximate surface area is 138 Å². The number of benzene rings is 1. The van der Waals surface area contributed by atoms with Crippen molar-refractivity contribution in [3.05, 3.63) is 29.3 Å². The topological polar surface area (TPSA) is 52.3 Å². The fourth-order valence-electron chi connectivity index (χ4n) is 2.29. The summed E-state index contributed by atoms with van der Waals surface area (Å²) in [5, 5.41) is 0. The molecule has 0 bridgehead atoms. The molecule has 23 heavy (non-hydrogen) atoms. The summed E-state index contributed by atoms with van der Waals surface area (Å²) in [5.74, 6) is -0.687. The van der Waals surface area contributed by atoms with E-state index in [1.54, 1.807) is 0 Å². The van der Waals surface area contributed by atoms with Gasteiger partial charge in [-0.15, -0.1) is 11.6 Å². The molecule has 0 heterocycles. The van der Waals surface area contributed by atoms with Gasteiger partial charge in [0.2, 0.25) is 5.91 Å². The van der Waals surface area contributed by atoms with Crippen LogP contribution in [-0.4, -0.2) is 25.1 Å². The SMILES string of the molecule is COc1ccc(C(C)(C)C(F)(F)F)cc1C(CCCCl)C(N)=O. The van der Waals surface area contributed by atoms with Gasteiger partial charge in [0.25, 0.3) is 0 Å². The van der Waals surface area contributed by atoms with Gasteiger partial charge in [0, 0.05) is 11.4 Å². The molecule has 1 aromatic carbocycles. The zero-order valence-electron chi connectivity index (χ0n) is 13.3. The quantitative estimate of drug-likeness (QED) is 0.751. The molecule has 0 fully saturated rings. The first-order chi connectivity index (χ1) is 10.6. The predicted molar refractivity (Wildman–Crippen MR) is 84.0 cm³/mol. The maximum Gasteiger partial charge on any atom is 0.397 e. The first kappa shape index (κ1) is 19.6. The van der Waals surface area contributed by atoms with Crippen molar-refractivity contribution >= 4 is 17.5 Å². The van der Waals surface area contributed by atoms with Crippen molar-refractivity contribution in [2.45, 2.75) is 44.2 Å². The van der Waals surface area contributed by atoms with Crippen molar-refractivity contribution in [3.8, 4) is 5.75 Å². The molecule has 0 aliphatic carbocycles. The van der Waals surface area contributed by atoms with Crippen molar-refractivity contribution in [2.75, 3.05) is 13.0 Å². The normalized spacial score (nSPS) is 13.7. The Morgan fingerprint density at radius 3 is 2.39 bits per heavy atom. The van der Waals surface area contributed by atoms with Gasteiger partial charge in [0.05, 0.1) is 18.4 Å². The number of alkyl halides is 4. The summed E-state index contributed by atoms with van der Waals surface area (Å²) in [4.78, 5) is 11.7. The van der Waals surface area contributed by atoms with Crippen molar-refractivity contribution in [3.63, 3.8) is 0 Å². The highest BCUT2D eigenvalue weighted by molar-refractivity contribution is 6.17. The van der Waals surface area contributed by atoms with Crippen LogP contribution in [-0.2, 0) is 10.2 Å². The molecule has 0 aromatic heterocycles. The molecular formula is C16H21ClF3NO2. The standard InChI is InChI=1S/C16H21ClF3NO2/c1-15(2,16(18,19)20)10-6-7-13(23-3)12(9-10)11(14(21)22)5-4-8-17/h6-7,9,11H,4-5,8H2,1-3H3,(H2,21,22). The average molecular weight is 352 g/mol. The molecule has 0 saturated heterocycles. The molecule has 0 saturated carbocycles. The summed E-state index contributed by atoms with van der Waals surface area (Å²) in [6.45, 7) is 2.19. The van der Waals surface area contributed by atoms with Gasteiger partial charge in [-0.2, -0.15) is 13.2 Å². The zero-order valence-corrected chi connectivity index (χ0v) is 14.1. The molecule has 0 radical (unpaired) electrons. The number of methoxy groups -OCH3 is 1. The summed E-state index contributed by atoms with van der Waals surface area (Å²) >= 11 is 5.64. The molecule has 0 aliphatic heterocycles. The third-order valence-corrected chi connectivity index (χ3v) is 4.27. The van der Waals surface area contributed by atoms with E-state index in [0.717, 1.165) is 13.8 Å². The predicted octanol–water partition coefficient (Wildman–Crippen LogP) is 4.12. The van der Waals surface area contributed by atoms with E-state index < -0.39 is 23.4 Å². The molecule has 1 unspecified atom stereocenters. The smallest absolute Gasteiger partial charge is 0.397 e. The molecular weight excluding hydrogens is 331 g/mol. The lowest BCUT2D eigenvalue weighted by Gasteiger charge is -2.29. The first-order valence-corrected chi connectivity index (χ1v) is 7.70. The van der Waals surface area contributed by atoms with Crippen LogP contribution in [0.5, 0.6) is 5.75 Å². The van der Waals surface area contributed by atoms with E-state index >= 15 is 0 Å². The molecule has 3 nitrogen and oxygen atoms in total. The summed E-state index contributed by atoms with van der Waals surface area (Å²) in [6, 6.07) is 4.15. The number of halogens is 4. The van der Waals surface area contributed by atoms with E-state index in [1.807, 2.05) is 0 Å². The van der Waals surface area contributed by atoms with Crippen LogP contribution in [0.15, 0.2) is 18.2 Å². The highest BCUT2D eigenvalue weighted by atomic mass is 35.5. The molecule has 1 aromatic rings. The minimum Gasteiger partial charge on any atom is -0.496 e. The van der Waals surface area contributed by atoms with E-state index in [2.05, 4.69) is 0 Å². The summed E-state index contributed by atoms with van der Waals surface area (Å²) in [6.07, 6.45) is -3.55. The highest BCUT2D eigenvalue weighted by Gasteiger charge is 2.48. The Hall–Kier alpha value is -1.43. The maximum atomic E-state index is 13.3. The third-order valence-electron chi connectivity index (χ3n) is 4.01. The Balaban J connectivity index is 3.40. The number of nitrogens with two attached hydrogens (primary N) is 1. The van der Waals surface area contributed by atoms with Gasteiger partial charge < -0.3 is 10.5 Å². The van der Waals surface area contributed by atoms with Gasteiger partial charge in [0.1, 0.15) is 5.75 Å². The number of primary amides is 1. The molecule has 7 heteroatoms. The highest BCUT2D eigenvalue weighted by Crippen LogP contribution is 2.42. The minimum absolute atomic E-state index is 0.0536. The first-order valence-electron chi connectivity index (χ1n) is 7.16. The molecule has 1 atom stereocenters. The second-order valence-electron chi connectivity index (χ2n) is 5.87. The summed E-state index contributed by atoms with van der Waals surface area (Å²) < 4.78 is 45.0. The van der Waals surface area contributed by atoms with Gasteiger partial charge in [-0.3, -0.25) is 4.79 Å². The Morgan fingerprint density at radius 2 is 1.96 bits per heavy atom. The number of amides is 1. The van der Waals surface area contributed by atoms with Gasteiger partial charge >= 0.3 is 6.18 Å². The van der Waals surface area contributed by atoms with Crippen LogP contribution in [0.25, 0.3) is 0 Å². The van der Waals surface area contributed by atoms with E-state index in [4.69, 9.17) is 22.1 Å². The van der Waals surface area contributed by atoms with Crippen LogP contribution >= 0.6 is 11.6 Å². The number of rotatable bonds is 7. The molecule has 1 rings (SSSR count). The minimum atomic E-state index is -4.42. The van der Waals surface area contributed by atoms with Gasteiger partial charge in [0.15, 0.2) is 0 Å². The average Bonchev–Trinajstić information content (AvgIpc) is 2.45. The number of hydrogen-bond donors (Lipinski definition) is 1. The molecule has 0 aliphatic rings. The van der Waals surface area contributed by atoms with E-state index in [0.29, 0.717) is 30.0 Å². The van der Waals surface area contributed by atoms with Crippen LogP contribution in [0.1, 0.15) is 43.7 Å². The Morgan fingerprint density at radius 1 is 1.35 bits per heavy atom. The summed E-state index contributed by atoms with van der Waals surface area (Å²) in [5.41, 5.74) is 3.78. The third kappa shape index (κ3) is 4.31. The number of hydrogen-bond acceptors (Lipinski definition) is 2. The number of carbonyl (C=O) groups excluding carboxylic acids is 1. The Bertz CT molecular complexity index is 559. The summed E-state index contributed by atoms with van der Waals surface area (Å²) in [7, 11) is 1.40. The maximum absolute atomic E-state index is 13.3. The molecule has 1 amide bonds. The Kier molecular flexibility index (Phi) is 6.33. The van der Waals surface area contributed by atoms with Crippen LogP contribution in [0.3, 0.4) is 0 Å². The molecule has 130 valence electrons. The van der Waals surface area contributed by atoms with E-state index in [-0.39, 0.29) is 5.56 Å².